The Morgan fingerprint density at radius 3 is 2.64 bits per heavy atom. The maximum absolute atomic E-state index is 11.1. The molecule has 0 heterocycles. The molecule has 14 heavy (non-hydrogen) atoms. The maximum Gasteiger partial charge on any atom is 0.239 e. The zero-order chi connectivity index (χ0) is 9.97. The Morgan fingerprint density at radius 1 is 1.29 bits per heavy atom. The van der Waals surface area contributed by atoms with Crippen LogP contribution in [0.1, 0.15) is 38.5 Å². The molecule has 4 heteroatoms. The molecule has 0 aromatic rings. The average Bonchev–Trinajstić information content (AvgIpc) is 2.98. The molecular formula is C10H18N2O2. The van der Waals surface area contributed by atoms with Gasteiger partial charge in [0.25, 0.3) is 0 Å². The van der Waals surface area contributed by atoms with E-state index in [0.717, 1.165) is 19.3 Å². The van der Waals surface area contributed by atoms with Gasteiger partial charge in [0.1, 0.15) is 0 Å². The number of hydrazine groups is 1. The van der Waals surface area contributed by atoms with Crippen molar-refractivity contribution in [3.05, 3.63) is 0 Å². The fraction of sp³-hybridized carbons (Fsp3) is 0.900. The Morgan fingerprint density at radius 2 is 2.00 bits per heavy atom. The van der Waals surface area contributed by atoms with E-state index in [9.17, 15) is 4.79 Å². The zero-order valence-electron chi connectivity index (χ0n) is 8.37. The number of ether oxygens (including phenoxy) is 1. The van der Waals surface area contributed by atoms with Crippen LogP contribution in [0, 0.1) is 5.92 Å². The van der Waals surface area contributed by atoms with Crippen LogP contribution in [-0.2, 0) is 9.53 Å². The van der Waals surface area contributed by atoms with Gasteiger partial charge >= 0.3 is 0 Å². The summed E-state index contributed by atoms with van der Waals surface area (Å²) < 4.78 is 5.82. The number of nitrogens with two attached hydrogens (primary N) is 1. The summed E-state index contributed by atoms with van der Waals surface area (Å²) in [4.78, 5) is 11.1. The van der Waals surface area contributed by atoms with Gasteiger partial charge in [-0.3, -0.25) is 10.2 Å². The molecule has 0 aromatic heterocycles. The van der Waals surface area contributed by atoms with E-state index in [1.807, 2.05) is 0 Å². The number of rotatable bonds is 3. The Labute approximate surface area is 84.1 Å². The monoisotopic (exact) mass is 198 g/mol. The molecule has 0 saturated heterocycles. The number of hydrogen-bond acceptors (Lipinski definition) is 3. The second-order valence-corrected chi connectivity index (χ2v) is 4.29. The van der Waals surface area contributed by atoms with Crippen LogP contribution in [0.15, 0.2) is 0 Å². The first-order valence-corrected chi connectivity index (χ1v) is 5.47. The predicted molar refractivity (Wildman–Crippen MR) is 52.2 cm³/mol. The third-order valence-electron chi connectivity index (χ3n) is 3.13. The number of carbonyl (C=O) groups excluding carboxylic acids is 1. The molecule has 1 amide bonds. The van der Waals surface area contributed by atoms with Gasteiger partial charge < -0.3 is 4.74 Å². The number of amides is 1. The van der Waals surface area contributed by atoms with Gasteiger partial charge in [-0.15, -0.1) is 0 Å². The van der Waals surface area contributed by atoms with Gasteiger partial charge in [0, 0.05) is 0 Å². The molecular weight excluding hydrogens is 180 g/mol. The minimum absolute atomic E-state index is 0.0157. The highest BCUT2D eigenvalue weighted by Gasteiger charge is 2.45. The molecule has 0 unspecified atom stereocenters. The second kappa shape index (κ2) is 4.28. The van der Waals surface area contributed by atoms with Crippen molar-refractivity contribution in [3.8, 4) is 0 Å². The zero-order valence-corrected chi connectivity index (χ0v) is 8.37. The van der Waals surface area contributed by atoms with Crippen LogP contribution in [0.5, 0.6) is 0 Å². The molecule has 2 rings (SSSR count). The largest absolute Gasteiger partial charge is 0.374 e. The van der Waals surface area contributed by atoms with Crippen LogP contribution in [0.25, 0.3) is 0 Å². The Bertz CT molecular complexity index is 214. The molecule has 3 N–H and O–H groups in total. The first kappa shape index (κ1) is 9.93. The third kappa shape index (κ3) is 2.25. The summed E-state index contributed by atoms with van der Waals surface area (Å²) in [6.45, 7) is 0. The molecule has 0 bridgehead atoms. The standard InChI is InChI=1S/C10H18N2O2/c11-12-10(13)8-6-9(8)14-7-4-2-1-3-5-7/h7-9H,1-6,11H2,(H,12,13)/t8-,9-/m1/s1. The van der Waals surface area contributed by atoms with Crippen molar-refractivity contribution >= 4 is 5.91 Å². The lowest BCUT2D eigenvalue weighted by Gasteiger charge is -2.21. The van der Waals surface area contributed by atoms with E-state index in [1.165, 1.54) is 19.3 Å². The fourth-order valence-corrected chi connectivity index (χ4v) is 2.15. The third-order valence-corrected chi connectivity index (χ3v) is 3.13. The van der Waals surface area contributed by atoms with E-state index in [2.05, 4.69) is 5.43 Å². The summed E-state index contributed by atoms with van der Waals surface area (Å²) in [7, 11) is 0. The molecule has 0 spiro atoms. The van der Waals surface area contributed by atoms with Crippen LogP contribution >= 0.6 is 0 Å². The minimum atomic E-state index is -0.0780. The predicted octanol–water partition coefficient (Wildman–Crippen LogP) is 0.714. The first-order chi connectivity index (χ1) is 6.81. The molecule has 0 aromatic carbocycles. The van der Waals surface area contributed by atoms with Gasteiger partial charge in [-0.2, -0.15) is 0 Å². The Hall–Kier alpha value is -0.610. The highest BCUT2D eigenvalue weighted by molar-refractivity contribution is 5.81. The summed E-state index contributed by atoms with van der Waals surface area (Å²) >= 11 is 0. The molecule has 4 nitrogen and oxygen atoms in total. The number of hydrogen-bond donors (Lipinski definition) is 2. The lowest BCUT2D eigenvalue weighted by atomic mass is 9.98. The smallest absolute Gasteiger partial charge is 0.239 e. The molecule has 2 aliphatic rings. The van der Waals surface area contributed by atoms with Gasteiger partial charge in [-0.25, -0.2) is 5.84 Å². The maximum atomic E-state index is 11.1. The van der Waals surface area contributed by atoms with Crippen molar-refractivity contribution < 1.29 is 9.53 Å². The second-order valence-electron chi connectivity index (χ2n) is 4.29. The Balaban J connectivity index is 1.70. The highest BCUT2D eigenvalue weighted by atomic mass is 16.5. The van der Waals surface area contributed by atoms with E-state index >= 15 is 0 Å². The molecule has 2 atom stereocenters. The summed E-state index contributed by atoms with van der Waals surface area (Å²) in [5, 5.41) is 0. The van der Waals surface area contributed by atoms with Crippen molar-refractivity contribution in [2.24, 2.45) is 11.8 Å². The van der Waals surface area contributed by atoms with Gasteiger partial charge in [-0.1, -0.05) is 19.3 Å². The average molecular weight is 198 g/mol. The molecule has 80 valence electrons. The normalized spacial score (nSPS) is 32.6. The van der Waals surface area contributed by atoms with Crippen molar-refractivity contribution in [1.29, 1.82) is 0 Å². The van der Waals surface area contributed by atoms with Gasteiger partial charge in [0.2, 0.25) is 5.91 Å². The minimum Gasteiger partial charge on any atom is -0.374 e. The summed E-state index contributed by atoms with van der Waals surface area (Å²) in [5.41, 5.74) is 2.18. The summed E-state index contributed by atoms with van der Waals surface area (Å²) in [6.07, 6.45) is 7.57. The molecule has 2 fully saturated rings. The van der Waals surface area contributed by atoms with Gasteiger partial charge in [-0.05, 0) is 19.3 Å². The number of carbonyl (C=O) groups is 1. The molecule has 0 radical (unpaired) electrons. The van der Waals surface area contributed by atoms with Crippen LogP contribution in [0.4, 0.5) is 0 Å². The van der Waals surface area contributed by atoms with Crippen molar-refractivity contribution in [2.75, 3.05) is 0 Å². The van der Waals surface area contributed by atoms with Crippen molar-refractivity contribution in [3.63, 3.8) is 0 Å². The van der Waals surface area contributed by atoms with Gasteiger partial charge in [0.05, 0.1) is 18.1 Å². The van der Waals surface area contributed by atoms with E-state index in [4.69, 9.17) is 10.6 Å². The molecule has 0 aliphatic heterocycles. The topological polar surface area (TPSA) is 64.3 Å². The van der Waals surface area contributed by atoms with Crippen molar-refractivity contribution in [1.82, 2.24) is 5.43 Å². The van der Waals surface area contributed by atoms with Crippen LogP contribution in [-0.4, -0.2) is 18.1 Å². The summed E-state index contributed by atoms with van der Waals surface area (Å²) in [6, 6.07) is 0. The molecule has 2 aliphatic carbocycles. The first-order valence-electron chi connectivity index (χ1n) is 5.47. The van der Waals surface area contributed by atoms with Gasteiger partial charge in [0.15, 0.2) is 0 Å². The van der Waals surface area contributed by atoms with Crippen LogP contribution in [0.3, 0.4) is 0 Å². The van der Waals surface area contributed by atoms with E-state index in [1.54, 1.807) is 0 Å². The SMILES string of the molecule is NNC(=O)[C@@H]1C[C@H]1OC1CCCCC1. The van der Waals surface area contributed by atoms with Crippen molar-refractivity contribution in [2.45, 2.75) is 50.7 Å². The highest BCUT2D eigenvalue weighted by Crippen LogP contribution is 2.36. The lowest BCUT2D eigenvalue weighted by Crippen LogP contribution is -2.33. The van der Waals surface area contributed by atoms with Crippen LogP contribution < -0.4 is 11.3 Å². The Kier molecular flexibility index (Phi) is 3.03. The fourth-order valence-electron chi connectivity index (χ4n) is 2.15. The quantitative estimate of drug-likeness (QED) is 0.399. The van der Waals surface area contributed by atoms with E-state index in [-0.39, 0.29) is 17.9 Å². The van der Waals surface area contributed by atoms with Crippen LogP contribution in [0.2, 0.25) is 0 Å². The lowest BCUT2D eigenvalue weighted by molar-refractivity contribution is -0.123. The molecule has 2 saturated carbocycles. The number of nitrogens with one attached hydrogen (secondary N) is 1. The van der Waals surface area contributed by atoms with E-state index in [0.29, 0.717) is 6.10 Å². The van der Waals surface area contributed by atoms with E-state index < -0.39 is 0 Å². The summed E-state index contributed by atoms with van der Waals surface area (Å²) in [5.74, 6) is 4.99.